The van der Waals surface area contributed by atoms with Crippen molar-refractivity contribution in [1.29, 1.82) is 0 Å². The number of aliphatic carboxylic acids is 1. The highest BCUT2D eigenvalue weighted by atomic mass is 16.6. The SMILES string of the molecule is CC(C)(C)OC(=O)N1c2ccccc2C[C@@H]1C(=O)N[C@@H](CCc1ccccc1)C(=O)N1c2ccccc2C[C@@H]1CC(=O)O. The Morgan fingerprint density at radius 1 is 0.860 bits per heavy atom. The summed E-state index contributed by atoms with van der Waals surface area (Å²) in [5.74, 6) is -1.85. The van der Waals surface area contributed by atoms with Crippen molar-refractivity contribution in [3.05, 3.63) is 95.6 Å². The molecular formula is C34H37N3O6. The van der Waals surface area contributed by atoms with Gasteiger partial charge in [-0.25, -0.2) is 4.79 Å². The molecule has 3 amide bonds. The number of fused-ring (bicyclic) bond motifs is 2. The minimum atomic E-state index is -1.00. The average molecular weight is 584 g/mol. The fourth-order valence-electron chi connectivity index (χ4n) is 5.91. The highest BCUT2D eigenvalue weighted by Gasteiger charge is 2.43. The average Bonchev–Trinajstić information content (AvgIpc) is 3.52. The number of para-hydroxylation sites is 2. The Morgan fingerprint density at radius 3 is 2.07 bits per heavy atom. The second-order valence-electron chi connectivity index (χ2n) is 12.1. The fraction of sp³-hybridized carbons (Fsp3) is 0.353. The van der Waals surface area contributed by atoms with Crippen LogP contribution in [-0.2, 0) is 38.4 Å². The molecule has 0 unspecified atom stereocenters. The maximum atomic E-state index is 14.3. The summed E-state index contributed by atoms with van der Waals surface area (Å²) in [4.78, 5) is 56.3. The third kappa shape index (κ3) is 6.71. The molecular weight excluding hydrogens is 546 g/mol. The highest BCUT2D eigenvalue weighted by molar-refractivity contribution is 6.05. The normalized spacial score (nSPS) is 18.0. The molecule has 5 rings (SSSR count). The molecule has 2 N–H and O–H groups in total. The van der Waals surface area contributed by atoms with Crippen LogP contribution < -0.4 is 15.1 Å². The van der Waals surface area contributed by atoms with Gasteiger partial charge in [0.05, 0.1) is 18.2 Å². The molecule has 3 atom stereocenters. The monoisotopic (exact) mass is 583 g/mol. The predicted octanol–water partition coefficient (Wildman–Crippen LogP) is 4.90. The number of nitrogens with zero attached hydrogens (tertiary/aromatic N) is 2. The van der Waals surface area contributed by atoms with E-state index >= 15 is 0 Å². The van der Waals surface area contributed by atoms with Crippen molar-refractivity contribution < 1.29 is 29.0 Å². The van der Waals surface area contributed by atoms with Crippen LogP contribution in [-0.4, -0.2) is 52.7 Å². The molecule has 3 aromatic carbocycles. The summed E-state index contributed by atoms with van der Waals surface area (Å²) >= 11 is 0. The molecule has 0 saturated carbocycles. The molecule has 0 aromatic heterocycles. The Morgan fingerprint density at radius 2 is 1.44 bits per heavy atom. The van der Waals surface area contributed by atoms with Gasteiger partial charge in [-0.05, 0) is 68.9 Å². The number of hydrogen-bond donors (Lipinski definition) is 2. The van der Waals surface area contributed by atoms with Crippen LogP contribution in [0.2, 0.25) is 0 Å². The maximum Gasteiger partial charge on any atom is 0.415 e. The van der Waals surface area contributed by atoms with Gasteiger partial charge in [-0.3, -0.25) is 19.3 Å². The number of carbonyl (C=O) groups excluding carboxylic acids is 3. The molecule has 0 saturated heterocycles. The quantitative estimate of drug-likeness (QED) is 0.390. The molecule has 43 heavy (non-hydrogen) atoms. The van der Waals surface area contributed by atoms with Crippen LogP contribution in [0.3, 0.4) is 0 Å². The van der Waals surface area contributed by atoms with Crippen molar-refractivity contribution in [2.75, 3.05) is 9.80 Å². The van der Waals surface area contributed by atoms with Gasteiger partial charge >= 0.3 is 12.1 Å². The van der Waals surface area contributed by atoms with Gasteiger partial charge in [-0.15, -0.1) is 0 Å². The lowest BCUT2D eigenvalue weighted by Gasteiger charge is -2.32. The van der Waals surface area contributed by atoms with Gasteiger partial charge in [-0.2, -0.15) is 0 Å². The molecule has 9 nitrogen and oxygen atoms in total. The van der Waals surface area contributed by atoms with Crippen molar-refractivity contribution in [1.82, 2.24) is 5.32 Å². The molecule has 0 radical (unpaired) electrons. The van der Waals surface area contributed by atoms with E-state index in [0.717, 1.165) is 16.7 Å². The summed E-state index contributed by atoms with van der Waals surface area (Å²) in [7, 11) is 0. The van der Waals surface area contributed by atoms with E-state index in [1.165, 1.54) is 9.80 Å². The van der Waals surface area contributed by atoms with Crippen molar-refractivity contribution >= 4 is 35.3 Å². The van der Waals surface area contributed by atoms with Crippen LogP contribution in [0.1, 0.15) is 50.3 Å². The van der Waals surface area contributed by atoms with Gasteiger partial charge in [0.25, 0.3) is 0 Å². The lowest BCUT2D eigenvalue weighted by molar-refractivity contribution is -0.137. The number of hydrogen-bond acceptors (Lipinski definition) is 5. The molecule has 0 aliphatic carbocycles. The van der Waals surface area contributed by atoms with Crippen molar-refractivity contribution in [2.45, 2.75) is 76.6 Å². The zero-order valence-electron chi connectivity index (χ0n) is 24.7. The first-order valence-electron chi connectivity index (χ1n) is 14.6. The Hall–Kier alpha value is -4.66. The van der Waals surface area contributed by atoms with Crippen molar-refractivity contribution in [3.63, 3.8) is 0 Å². The van der Waals surface area contributed by atoms with E-state index < -0.39 is 41.7 Å². The summed E-state index contributed by atoms with van der Waals surface area (Å²) < 4.78 is 5.66. The molecule has 2 aliphatic rings. The molecule has 2 aliphatic heterocycles. The molecule has 224 valence electrons. The molecule has 9 heteroatoms. The standard InChI is InChI=1S/C34H37N3O6/c1-34(2,3)43-33(42)37-28-16-10-8-14-24(28)20-29(37)31(40)35-26(18-17-22-11-5-4-6-12-22)32(41)36-25(21-30(38)39)19-23-13-7-9-15-27(23)36/h4-16,25-26,29H,17-21H2,1-3H3,(H,35,40)(H,38,39)/t25-,26+,29-/m1/s1. The maximum absolute atomic E-state index is 14.3. The molecule has 0 bridgehead atoms. The Balaban J connectivity index is 1.45. The van der Waals surface area contributed by atoms with E-state index in [4.69, 9.17) is 4.74 Å². The van der Waals surface area contributed by atoms with E-state index in [1.54, 1.807) is 32.9 Å². The first-order valence-corrected chi connectivity index (χ1v) is 14.6. The van der Waals surface area contributed by atoms with Crippen LogP contribution in [0, 0.1) is 0 Å². The number of rotatable bonds is 8. The van der Waals surface area contributed by atoms with Crippen LogP contribution in [0.5, 0.6) is 0 Å². The van der Waals surface area contributed by atoms with Crippen LogP contribution in [0.15, 0.2) is 78.9 Å². The van der Waals surface area contributed by atoms with Crippen molar-refractivity contribution in [2.24, 2.45) is 0 Å². The lowest BCUT2D eigenvalue weighted by Crippen LogP contribution is -2.56. The number of anilines is 2. The third-order valence-electron chi connectivity index (χ3n) is 7.77. The largest absolute Gasteiger partial charge is 0.481 e. The summed E-state index contributed by atoms with van der Waals surface area (Å²) in [5.41, 5.74) is 3.20. The van der Waals surface area contributed by atoms with E-state index in [1.807, 2.05) is 66.7 Å². The summed E-state index contributed by atoms with van der Waals surface area (Å²) in [6.45, 7) is 5.30. The van der Waals surface area contributed by atoms with Crippen LogP contribution in [0.25, 0.3) is 0 Å². The number of carboxylic acids is 1. The van der Waals surface area contributed by atoms with Gasteiger partial charge in [-0.1, -0.05) is 66.7 Å². The first-order chi connectivity index (χ1) is 20.5. The summed E-state index contributed by atoms with van der Waals surface area (Å²) in [6, 6.07) is 21.9. The second kappa shape index (κ2) is 12.3. The van der Waals surface area contributed by atoms with E-state index in [0.29, 0.717) is 30.6 Å². The van der Waals surface area contributed by atoms with Crippen LogP contribution in [0.4, 0.5) is 16.2 Å². The van der Waals surface area contributed by atoms with Gasteiger partial charge in [0, 0.05) is 12.1 Å². The van der Waals surface area contributed by atoms with Gasteiger partial charge in [0.15, 0.2) is 0 Å². The smallest absolute Gasteiger partial charge is 0.415 e. The zero-order valence-corrected chi connectivity index (χ0v) is 24.7. The number of benzene rings is 3. The Bertz CT molecular complexity index is 1520. The van der Waals surface area contributed by atoms with E-state index in [2.05, 4.69) is 5.32 Å². The number of carbonyl (C=O) groups is 4. The number of amides is 3. The molecule has 2 heterocycles. The summed E-state index contributed by atoms with van der Waals surface area (Å²) in [5, 5.41) is 12.6. The summed E-state index contributed by atoms with van der Waals surface area (Å²) in [6.07, 6.45) is 0.632. The van der Waals surface area contributed by atoms with E-state index in [9.17, 15) is 24.3 Å². The van der Waals surface area contributed by atoms with Gasteiger partial charge in [0.1, 0.15) is 17.7 Å². The van der Waals surface area contributed by atoms with Crippen LogP contribution >= 0.6 is 0 Å². The Kier molecular flexibility index (Phi) is 8.52. The number of ether oxygens (including phenoxy) is 1. The van der Waals surface area contributed by atoms with Crippen molar-refractivity contribution in [3.8, 4) is 0 Å². The Labute approximate surface area is 251 Å². The second-order valence-corrected chi connectivity index (χ2v) is 12.1. The van der Waals surface area contributed by atoms with Gasteiger partial charge < -0.3 is 20.1 Å². The lowest BCUT2D eigenvalue weighted by atomic mass is 10.0. The fourth-order valence-corrected chi connectivity index (χ4v) is 5.91. The molecule has 0 spiro atoms. The minimum Gasteiger partial charge on any atom is -0.481 e. The third-order valence-corrected chi connectivity index (χ3v) is 7.77. The molecule has 3 aromatic rings. The zero-order chi connectivity index (χ0) is 30.7. The first kappa shape index (κ1) is 29.8. The number of carboxylic acid groups (broad SMARTS) is 1. The van der Waals surface area contributed by atoms with E-state index in [-0.39, 0.29) is 18.7 Å². The van der Waals surface area contributed by atoms with Gasteiger partial charge in [0.2, 0.25) is 11.8 Å². The molecule has 0 fully saturated rings. The highest BCUT2D eigenvalue weighted by Crippen LogP contribution is 2.36. The minimum absolute atomic E-state index is 0.218. The predicted molar refractivity (Wildman–Crippen MR) is 163 cm³/mol. The topological polar surface area (TPSA) is 116 Å². The number of nitrogens with one attached hydrogen (secondary N) is 1. The number of aryl methyl sites for hydroxylation is 1.